The molecule has 0 unspecified atom stereocenters. The van der Waals surface area contributed by atoms with E-state index in [1.165, 1.54) is 22.9 Å². The van der Waals surface area contributed by atoms with Crippen LogP contribution in [0.2, 0.25) is 0 Å². The third kappa shape index (κ3) is 5.25. The van der Waals surface area contributed by atoms with Crippen LogP contribution in [0, 0.1) is 11.6 Å². The van der Waals surface area contributed by atoms with E-state index in [0.29, 0.717) is 38.5 Å². The lowest BCUT2D eigenvalue weighted by Gasteiger charge is -2.34. The van der Waals surface area contributed by atoms with Gasteiger partial charge in [-0.15, -0.1) is 5.10 Å². The Hall–Kier alpha value is -3.61. The summed E-state index contributed by atoms with van der Waals surface area (Å²) in [6, 6.07) is 7.16. The van der Waals surface area contributed by atoms with Crippen molar-refractivity contribution in [1.29, 1.82) is 0 Å². The first-order valence-electron chi connectivity index (χ1n) is 9.89. The van der Waals surface area contributed by atoms with Crippen molar-refractivity contribution < 1.29 is 26.7 Å². The highest BCUT2D eigenvalue weighted by Crippen LogP contribution is 2.29. The molecular formula is C20H18F5N7O. The van der Waals surface area contributed by atoms with Crippen LogP contribution < -0.4 is 5.32 Å². The summed E-state index contributed by atoms with van der Waals surface area (Å²) in [4.78, 5) is 16.0. The molecule has 0 radical (unpaired) electrons. The second-order valence-electron chi connectivity index (χ2n) is 7.37. The molecule has 1 saturated heterocycles. The third-order valence-corrected chi connectivity index (χ3v) is 5.17. The Bertz CT molecular complexity index is 1120. The molecule has 4 rings (SSSR count). The van der Waals surface area contributed by atoms with Crippen molar-refractivity contribution in [2.45, 2.75) is 12.7 Å². The number of piperazine rings is 1. The summed E-state index contributed by atoms with van der Waals surface area (Å²) in [5.41, 5.74) is -0.246. The van der Waals surface area contributed by atoms with Crippen LogP contribution in [0.5, 0.6) is 0 Å². The normalized spacial score (nSPS) is 15.0. The van der Waals surface area contributed by atoms with E-state index < -0.39 is 29.4 Å². The highest BCUT2D eigenvalue weighted by atomic mass is 19.4. The number of carbonyl (C=O) groups is 1. The van der Waals surface area contributed by atoms with E-state index >= 15 is 0 Å². The zero-order valence-corrected chi connectivity index (χ0v) is 17.1. The highest BCUT2D eigenvalue weighted by molar-refractivity contribution is 5.89. The molecule has 0 atom stereocenters. The topological polar surface area (TPSA) is 79.2 Å². The molecule has 0 aliphatic carbocycles. The number of carbonyl (C=O) groups excluding carboxylic acids is 1. The van der Waals surface area contributed by atoms with Gasteiger partial charge in [-0.25, -0.2) is 13.6 Å². The van der Waals surface area contributed by atoms with Crippen LogP contribution in [0.1, 0.15) is 11.4 Å². The summed E-state index contributed by atoms with van der Waals surface area (Å²) >= 11 is 0. The van der Waals surface area contributed by atoms with Gasteiger partial charge in [-0.2, -0.15) is 17.9 Å². The van der Waals surface area contributed by atoms with Crippen LogP contribution in [0.3, 0.4) is 0 Å². The number of nitrogens with one attached hydrogen (secondary N) is 1. The lowest BCUT2D eigenvalue weighted by Crippen LogP contribution is -2.49. The lowest BCUT2D eigenvalue weighted by molar-refractivity contribution is -0.137. The van der Waals surface area contributed by atoms with E-state index in [4.69, 9.17) is 0 Å². The number of aromatic nitrogens is 4. The van der Waals surface area contributed by atoms with Gasteiger partial charge in [0.15, 0.2) is 17.5 Å². The minimum absolute atomic E-state index is 0.265. The summed E-state index contributed by atoms with van der Waals surface area (Å²) in [7, 11) is 0. The predicted molar refractivity (Wildman–Crippen MR) is 106 cm³/mol. The molecular weight excluding hydrogens is 449 g/mol. The van der Waals surface area contributed by atoms with Gasteiger partial charge >= 0.3 is 12.2 Å². The molecule has 1 aliphatic heterocycles. The van der Waals surface area contributed by atoms with Gasteiger partial charge < -0.3 is 10.2 Å². The molecule has 2 heterocycles. The number of anilines is 1. The van der Waals surface area contributed by atoms with E-state index in [9.17, 15) is 26.7 Å². The predicted octanol–water partition coefficient (Wildman–Crippen LogP) is 3.31. The maximum Gasteiger partial charge on any atom is 0.416 e. The first kappa shape index (κ1) is 22.6. The smallest absolute Gasteiger partial charge is 0.322 e. The molecule has 13 heteroatoms. The Morgan fingerprint density at radius 1 is 0.970 bits per heavy atom. The maximum atomic E-state index is 13.5. The number of benzene rings is 2. The fraction of sp³-hybridized carbons (Fsp3) is 0.300. The van der Waals surface area contributed by atoms with Gasteiger partial charge in [-0.1, -0.05) is 0 Å². The first-order chi connectivity index (χ1) is 15.7. The fourth-order valence-electron chi connectivity index (χ4n) is 3.38. The van der Waals surface area contributed by atoms with Crippen molar-refractivity contribution in [2.75, 3.05) is 31.5 Å². The Labute approximate surface area is 184 Å². The average molecular weight is 467 g/mol. The van der Waals surface area contributed by atoms with Gasteiger partial charge in [0.2, 0.25) is 0 Å². The SMILES string of the molecule is O=C(Nc1ccc(C(F)(F)F)cc1)N1CCN(Cc2nnnn2-c2ccc(F)c(F)c2)CC1. The minimum atomic E-state index is -4.44. The summed E-state index contributed by atoms with van der Waals surface area (Å²) in [5.74, 6) is -1.57. The van der Waals surface area contributed by atoms with Crippen molar-refractivity contribution in [3.63, 3.8) is 0 Å². The second-order valence-corrected chi connectivity index (χ2v) is 7.37. The molecule has 174 valence electrons. The molecule has 2 amide bonds. The second kappa shape index (κ2) is 9.10. The maximum absolute atomic E-state index is 13.5. The van der Waals surface area contributed by atoms with Crippen molar-refractivity contribution in [2.24, 2.45) is 0 Å². The summed E-state index contributed by atoms with van der Waals surface area (Å²) in [6.45, 7) is 2.05. The Balaban J connectivity index is 1.32. The van der Waals surface area contributed by atoms with Gasteiger partial charge in [-0.05, 0) is 46.8 Å². The molecule has 1 N–H and O–H groups in total. The van der Waals surface area contributed by atoms with Crippen LogP contribution in [0.15, 0.2) is 42.5 Å². The van der Waals surface area contributed by atoms with E-state index in [2.05, 4.69) is 20.8 Å². The number of urea groups is 1. The van der Waals surface area contributed by atoms with Crippen LogP contribution in [-0.2, 0) is 12.7 Å². The Morgan fingerprint density at radius 3 is 2.30 bits per heavy atom. The zero-order valence-electron chi connectivity index (χ0n) is 17.1. The minimum Gasteiger partial charge on any atom is -0.322 e. The largest absolute Gasteiger partial charge is 0.416 e. The van der Waals surface area contributed by atoms with Gasteiger partial charge in [0, 0.05) is 37.9 Å². The number of alkyl halides is 3. The quantitative estimate of drug-likeness (QED) is 0.596. The lowest BCUT2D eigenvalue weighted by atomic mass is 10.2. The number of halogens is 5. The van der Waals surface area contributed by atoms with Gasteiger partial charge in [0.1, 0.15) is 0 Å². The third-order valence-electron chi connectivity index (χ3n) is 5.17. The first-order valence-corrected chi connectivity index (χ1v) is 9.89. The molecule has 0 spiro atoms. The Morgan fingerprint density at radius 2 is 1.67 bits per heavy atom. The standard InChI is InChI=1S/C20H18F5N7O/c21-16-6-5-15(11-17(16)22)32-18(27-28-29-32)12-30-7-9-31(10-8-30)19(33)26-14-3-1-13(2-4-14)20(23,24)25/h1-6,11H,7-10,12H2,(H,26,33). The molecule has 1 aromatic heterocycles. The van der Waals surface area contributed by atoms with E-state index in [1.54, 1.807) is 4.90 Å². The average Bonchev–Trinajstić information content (AvgIpc) is 3.24. The van der Waals surface area contributed by atoms with E-state index in [-0.39, 0.29) is 11.4 Å². The Kier molecular flexibility index (Phi) is 6.22. The molecule has 0 saturated carbocycles. The molecule has 3 aromatic rings. The van der Waals surface area contributed by atoms with E-state index in [0.717, 1.165) is 24.3 Å². The number of hydrogen-bond acceptors (Lipinski definition) is 5. The van der Waals surface area contributed by atoms with Gasteiger partial charge in [0.25, 0.3) is 0 Å². The summed E-state index contributed by atoms with van der Waals surface area (Å²) in [6.07, 6.45) is -4.44. The molecule has 1 fully saturated rings. The van der Waals surface area contributed by atoms with Crippen LogP contribution in [0.25, 0.3) is 5.69 Å². The molecule has 1 aliphatic rings. The van der Waals surface area contributed by atoms with Gasteiger partial charge in [0.05, 0.1) is 17.8 Å². The fourth-order valence-corrected chi connectivity index (χ4v) is 3.38. The van der Waals surface area contributed by atoms with Crippen molar-refractivity contribution in [3.05, 3.63) is 65.5 Å². The van der Waals surface area contributed by atoms with Crippen molar-refractivity contribution in [1.82, 2.24) is 30.0 Å². The number of hydrogen-bond donors (Lipinski definition) is 1. The van der Waals surface area contributed by atoms with E-state index in [1.807, 2.05) is 4.90 Å². The number of tetrazole rings is 1. The molecule has 8 nitrogen and oxygen atoms in total. The number of rotatable bonds is 4. The van der Waals surface area contributed by atoms with Crippen LogP contribution in [-0.4, -0.2) is 62.2 Å². The van der Waals surface area contributed by atoms with Crippen LogP contribution in [0.4, 0.5) is 32.4 Å². The monoisotopic (exact) mass is 467 g/mol. The molecule has 0 bridgehead atoms. The number of nitrogens with zero attached hydrogens (tertiary/aromatic N) is 6. The van der Waals surface area contributed by atoms with Crippen molar-refractivity contribution in [3.8, 4) is 5.69 Å². The molecule has 33 heavy (non-hydrogen) atoms. The number of amides is 2. The van der Waals surface area contributed by atoms with Crippen LogP contribution >= 0.6 is 0 Å². The van der Waals surface area contributed by atoms with Crippen molar-refractivity contribution >= 4 is 11.7 Å². The zero-order chi connectivity index (χ0) is 23.6. The highest BCUT2D eigenvalue weighted by Gasteiger charge is 2.30. The summed E-state index contributed by atoms with van der Waals surface area (Å²) < 4.78 is 66.0. The molecule has 2 aromatic carbocycles. The van der Waals surface area contributed by atoms with Gasteiger partial charge in [-0.3, -0.25) is 4.90 Å². The summed E-state index contributed by atoms with van der Waals surface area (Å²) in [5, 5.41) is 14.0.